The molecule has 134 valence electrons. The maximum absolute atomic E-state index is 11.7. The minimum atomic E-state index is -1.17. The Labute approximate surface area is 154 Å². The van der Waals surface area contributed by atoms with Crippen molar-refractivity contribution in [1.29, 1.82) is 0 Å². The van der Waals surface area contributed by atoms with Crippen LogP contribution in [0.1, 0.15) is 22.8 Å². The van der Waals surface area contributed by atoms with E-state index in [1.54, 1.807) is 25.3 Å². The molecule has 7 heteroatoms. The molecular formula is C19H18N2O4S. The van der Waals surface area contributed by atoms with Crippen molar-refractivity contribution in [2.24, 2.45) is 0 Å². The van der Waals surface area contributed by atoms with E-state index in [4.69, 9.17) is 4.74 Å². The van der Waals surface area contributed by atoms with Crippen LogP contribution >= 0.6 is 11.8 Å². The molecule has 0 aliphatic heterocycles. The number of phenols is 1. The standard InChI is InChI=1S/C19H18N2O4S/c1-4-10-9-13-15(17(22)14(10)18(23)24)16(21-19(20-13)26-3)11-6-5-7-12(8-11)25-2/h5-9,22H,4H2,1-3H3,(H,23,24). The van der Waals surface area contributed by atoms with Gasteiger partial charge in [-0.05, 0) is 36.4 Å². The van der Waals surface area contributed by atoms with Crippen LogP contribution in [0.5, 0.6) is 11.5 Å². The van der Waals surface area contributed by atoms with Crippen LogP contribution in [0.25, 0.3) is 22.2 Å². The minimum absolute atomic E-state index is 0.107. The van der Waals surface area contributed by atoms with Gasteiger partial charge >= 0.3 is 5.97 Å². The number of fused-ring (bicyclic) bond motifs is 1. The highest BCUT2D eigenvalue weighted by atomic mass is 32.2. The summed E-state index contributed by atoms with van der Waals surface area (Å²) in [6, 6.07) is 8.96. The van der Waals surface area contributed by atoms with Crippen molar-refractivity contribution in [3.8, 4) is 22.8 Å². The topological polar surface area (TPSA) is 92.5 Å². The van der Waals surface area contributed by atoms with Crippen LogP contribution in [0.4, 0.5) is 0 Å². The molecule has 3 aromatic rings. The monoisotopic (exact) mass is 370 g/mol. The fourth-order valence-corrected chi connectivity index (χ4v) is 3.27. The lowest BCUT2D eigenvalue weighted by atomic mass is 9.97. The number of aromatic hydroxyl groups is 1. The molecule has 0 amide bonds. The van der Waals surface area contributed by atoms with Crippen molar-refractivity contribution >= 4 is 28.6 Å². The second-order valence-electron chi connectivity index (χ2n) is 5.60. The van der Waals surface area contributed by atoms with E-state index >= 15 is 0 Å². The lowest BCUT2D eigenvalue weighted by molar-refractivity contribution is 0.0693. The van der Waals surface area contributed by atoms with Gasteiger partial charge in [-0.2, -0.15) is 0 Å². The van der Waals surface area contributed by atoms with Crippen molar-refractivity contribution in [1.82, 2.24) is 9.97 Å². The van der Waals surface area contributed by atoms with Gasteiger partial charge in [0.25, 0.3) is 0 Å². The van der Waals surface area contributed by atoms with E-state index in [1.165, 1.54) is 11.8 Å². The van der Waals surface area contributed by atoms with Crippen LogP contribution < -0.4 is 4.74 Å². The fraction of sp³-hybridized carbons (Fsp3) is 0.211. The molecule has 3 rings (SSSR count). The Hall–Kier alpha value is -2.80. The maximum Gasteiger partial charge on any atom is 0.339 e. The van der Waals surface area contributed by atoms with Gasteiger partial charge in [-0.1, -0.05) is 30.8 Å². The normalized spacial score (nSPS) is 10.9. The molecule has 0 aliphatic carbocycles. The van der Waals surface area contributed by atoms with Crippen LogP contribution in [-0.2, 0) is 6.42 Å². The van der Waals surface area contributed by atoms with Crippen LogP contribution in [0.15, 0.2) is 35.5 Å². The molecule has 0 radical (unpaired) electrons. The fourth-order valence-electron chi connectivity index (χ4n) is 2.90. The first-order chi connectivity index (χ1) is 12.5. The van der Waals surface area contributed by atoms with Crippen molar-refractivity contribution in [3.63, 3.8) is 0 Å². The number of hydrogen-bond donors (Lipinski definition) is 2. The van der Waals surface area contributed by atoms with Crippen molar-refractivity contribution in [2.75, 3.05) is 13.4 Å². The van der Waals surface area contributed by atoms with Gasteiger partial charge in [0.1, 0.15) is 17.1 Å². The zero-order valence-corrected chi connectivity index (χ0v) is 15.4. The number of hydrogen-bond acceptors (Lipinski definition) is 6. The van der Waals surface area contributed by atoms with Crippen LogP contribution in [0, 0.1) is 0 Å². The molecule has 0 atom stereocenters. The Morgan fingerprint density at radius 2 is 2.04 bits per heavy atom. The van der Waals surface area contributed by atoms with Crippen LogP contribution in [-0.4, -0.2) is 39.5 Å². The van der Waals surface area contributed by atoms with E-state index in [-0.39, 0.29) is 11.3 Å². The number of nitrogens with zero attached hydrogens (tertiary/aromatic N) is 2. The first-order valence-corrected chi connectivity index (χ1v) is 9.20. The number of ether oxygens (including phenoxy) is 1. The van der Waals surface area contributed by atoms with Gasteiger partial charge in [0, 0.05) is 5.56 Å². The molecular weight excluding hydrogens is 352 g/mol. The lowest BCUT2D eigenvalue weighted by Crippen LogP contribution is -2.05. The third kappa shape index (κ3) is 3.06. The molecule has 0 aliphatic rings. The second kappa shape index (κ2) is 7.21. The molecule has 0 saturated carbocycles. The molecule has 0 unspecified atom stereocenters. The Morgan fingerprint density at radius 3 is 2.65 bits per heavy atom. The summed E-state index contributed by atoms with van der Waals surface area (Å²) in [5, 5.41) is 21.2. The Kier molecular flexibility index (Phi) is 4.99. The van der Waals surface area contributed by atoms with E-state index in [0.29, 0.717) is 45.1 Å². The number of thioether (sulfide) groups is 1. The minimum Gasteiger partial charge on any atom is -0.506 e. The van der Waals surface area contributed by atoms with Gasteiger partial charge < -0.3 is 14.9 Å². The lowest BCUT2D eigenvalue weighted by Gasteiger charge is -2.14. The number of methoxy groups -OCH3 is 1. The zero-order valence-electron chi connectivity index (χ0n) is 14.6. The van der Waals surface area contributed by atoms with Crippen molar-refractivity contribution in [2.45, 2.75) is 18.5 Å². The Bertz CT molecular complexity index is 1000. The Morgan fingerprint density at radius 1 is 1.27 bits per heavy atom. The van der Waals surface area contributed by atoms with Gasteiger partial charge in [-0.3, -0.25) is 0 Å². The maximum atomic E-state index is 11.7. The summed E-state index contributed by atoms with van der Waals surface area (Å²) >= 11 is 1.38. The largest absolute Gasteiger partial charge is 0.506 e. The van der Waals surface area contributed by atoms with Crippen LogP contribution in [0.2, 0.25) is 0 Å². The van der Waals surface area contributed by atoms with E-state index in [9.17, 15) is 15.0 Å². The first kappa shape index (κ1) is 18.0. The highest BCUT2D eigenvalue weighted by Gasteiger charge is 2.22. The third-order valence-corrected chi connectivity index (χ3v) is 4.69. The number of aromatic nitrogens is 2. The Balaban J connectivity index is 2.44. The molecule has 0 saturated heterocycles. The highest BCUT2D eigenvalue weighted by Crippen LogP contribution is 2.39. The smallest absolute Gasteiger partial charge is 0.339 e. The molecule has 0 fully saturated rings. The van der Waals surface area contributed by atoms with E-state index in [1.807, 2.05) is 25.3 Å². The summed E-state index contributed by atoms with van der Waals surface area (Å²) in [7, 11) is 1.57. The molecule has 26 heavy (non-hydrogen) atoms. The molecule has 6 nitrogen and oxygen atoms in total. The number of carboxylic acids is 1. The van der Waals surface area contributed by atoms with Gasteiger partial charge in [0.2, 0.25) is 0 Å². The number of carboxylic acid groups (broad SMARTS) is 1. The first-order valence-electron chi connectivity index (χ1n) is 7.98. The van der Waals surface area contributed by atoms with Gasteiger partial charge in [-0.15, -0.1) is 0 Å². The molecule has 2 aromatic carbocycles. The summed E-state index contributed by atoms with van der Waals surface area (Å²) in [5.41, 5.74) is 2.12. The number of benzene rings is 2. The van der Waals surface area contributed by atoms with Crippen molar-refractivity contribution in [3.05, 3.63) is 41.5 Å². The molecule has 0 spiro atoms. The van der Waals surface area contributed by atoms with Crippen molar-refractivity contribution < 1.29 is 19.7 Å². The van der Waals surface area contributed by atoms with E-state index < -0.39 is 5.97 Å². The average molecular weight is 370 g/mol. The number of aromatic carboxylic acids is 1. The third-order valence-electron chi connectivity index (χ3n) is 4.14. The highest BCUT2D eigenvalue weighted by molar-refractivity contribution is 7.98. The summed E-state index contributed by atoms with van der Waals surface area (Å²) in [6.07, 6.45) is 2.33. The molecule has 1 aromatic heterocycles. The zero-order chi connectivity index (χ0) is 18.8. The predicted molar refractivity (Wildman–Crippen MR) is 101 cm³/mol. The van der Waals surface area contributed by atoms with E-state index in [0.717, 1.165) is 0 Å². The number of carbonyl (C=O) groups is 1. The van der Waals surface area contributed by atoms with Gasteiger partial charge in [-0.25, -0.2) is 14.8 Å². The summed E-state index contributed by atoms with van der Waals surface area (Å²) in [6.45, 7) is 1.84. The van der Waals surface area contributed by atoms with Gasteiger partial charge in [0.05, 0.1) is 23.7 Å². The number of aryl methyl sites for hydroxylation is 1. The summed E-state index contributed by atoms with van der Waals surface area (Å²) < 4.78 is 5.27. The molecule has 1 heterocycles. The number of rotatable bonds is 5. The SMILES string of the molecule is CCc1cc2nc(SC)nc(-c3cccc(OC)c3)c2c(O)c1C(=O)O. The van der Waals surface area contributed by atoms with Crippen LogP contribution in [0.3, 0.4) is 0 Å². The molecule has 0 bridgehead atoms. The van der Waals surface area contributed by atoms with E-state index in [2.05, 4.69) is 9.97 Å². The quantitative estimate of drug-likeness (QED) is 0.518. The summed E-state index contributed by atoms with van der Waals surface area (Å²) in [5.74, 6) is -0.841. The summed E-state index contributed by atoms with van der Waals surface area (Å²) in [4.78, 5) is 20.7. The predicted octanol–water partition coefficient (Wildman–Crippen LogP) is 3.99. The average Bonchev–Trinajstić information content (AvgIpc) is 2.66. The van der Waals surface area contributed by atoms with Gasteiger partial charge in [0.15, 0.2) is 5.16 Å². The second-order valence-corrected chi connectivity index (χ2v) is 6.38. The molecule has 2 N–H and O–H groups in total.